The summed E-state index contributed by atoms with van der Waals surface area (Å²) in [4.78, 5) is 11.3. The van der Waals surface area contributed by atoms with Crippen molar-refractivity contribution in [3.8, 4) is 0 Å². The lowest BCUT2D eigenvalue weighted by molar-refractivity contribution is -0.140. The smallest absolute Gasteiger partial charge is 0.322 e. The normalized spacial score (nSPS) is 23.4. The Labute approximate surface area is 140 Å². The van der Waals surface area contributed by atoms with E-state index >= 15 is 0 Å². The van der Waals surface area contributed by atoms with E-state index in [1.54, 1.807) is 6.07 Å². The van der Waals surface area contributed by atoms with Gasteiger partial charge in [-0.3, -0.25) is 4.79 Å². The zero-order valence-corrected chi connectivity index (χ0v) is 15.0. The van der Waals surface area contributed by atoms with Crippen molar-refractivity contribution in [1.82, 2.24) is 4.31 Å². The molecule has 0 aromatic heterocycles. The average Bonchev–Trinajstić information content (AvgIpc) is 2.82. The van der Waals surface area contributed by atoms with Gasteiger partial charge in [0.25, 0.3) is 0 Å². The van der Waals surface area contributed by atoms with Gasteiger partial charge in [0.05, 0.1) is 10.4 Å². The first-order valence-electron chi connectivity index (χ1n) is 6.12. The Morgan fingerprint density at radius 3 is 2.76 bits per heavy atom. The molecule has 0 radical (unpaired) electrons. The summed E-state index contributed by atoms with van der Waals surface area (Å²) < 4.78 is 27.3. The van der Waals surface area contributed by atoms with Gasteiger partial charge in [0.1, 0.15) is 10.9 Å². The van der Waals surface area contributed by atoms with Gasteiger partial charge in [-0.15, -0.1) is 11.8 Å². The minimum atomic E-state index is -3.96. The summed E-state index contributed by atoms with van der Waals surface area (Å²) in [6.45, 7) is 1.83. The van der Waals surface area contributed by atoms with Crippen LogP contribution in [0.5, 0.6) is 0 Å². The Bertz CT molecular complexity index is 667. The maximum absolute atomic E-state index is 12.8. The summed E-state index contributed by atoms with van der Waals surface area (Å²) in [5.74, 6) is -0.906. The lowest BCUT2D eigenvalue weighted by Gasteiger charge is -2.26. The van der Waals surface area contributed by atoms with Crippen LogP contribution in [0.1, 0.15) is 13.3 Å². The molecule has 0 amide bonds. The maximum Gasteiger partial charge on any atom is 0.322 e. The van der Waals surface area contributed by atoms with Crippen molar-refractivity contribution >= 4 is 55.3 Å². The van der Waals surface area contributed by atoms with Crippen LogP contribution in [0, 0.1) is 0 Å². The molecule has 1 N–H and O–H groups in total. The molecule has 2 atom stereocenters. The molecule has 0 aliphatic carbocycles. The summed E-state index contributed by atoms with van der Waals surface area (Å²) in [7, 11) is -3.96. The van der Waals surface area contributed by atoms with Crippen molar-refractivity contribution in [3.63, 3.8) is 0 Å². The van der Waals surface area contributed by atoms with Crippen LogP contribution in [0.4, 0.5) is 0 Å². The van der Waals surface area contributed by atoms with Gasteiger partial charge in [0, 0.05) is 10.2 Å². The summed E-state index contributed by atoms with van der Waals surface area (Å²) >= 11 is 10.6. The number of hydrogen-bond acceptors (Lipinski definition) is 4. The summed E-state index contributed by atoms with van der Waals surface area (Å²) in [6, 6.07) is 3.37. The Hall–Kier alpha value is -0.280. The summed E-state index contributed by atoms with van der Waals surface area (Å²) in [5, 5.41) is 8.94. The molecule has 0 saturated carbocycles. The topological polar surface area (TPSA) is 74.7 Å². The lowest BCUT2D eigenvalue weighted by Crippen LogP contribution is -2.45. The van der Waals surface area contributed by atoms with Gasteiger partial charge in [-0.05, 0) is 24.6 Å². The molecule has 21 heavy (non-hydrogen) atoms. The lowest BCUT2D eigenvalue weighted by atomic mass is 10.3. The standard InChI is InChI=1S/C12H13BrClNO4S2/c1-2-11-15(9(6-20-11)12(16)17)21(18,19)10-4-3-7(13)5-8(10)14/h3-5,9,11H,2,6H2,1H3,(H,16,17). The Morgan fingerprint density at radius 1 is 1.57 bits per heavy atom. The highest BCUT2D eigenvalue weighted by atomic mass is 79.9. The molecule has 2 unspecified atom stereocenters. The number of sulfonamides is 1. The van der Waals surface area contributed by atoms with Crippen LogP contribution in [-0.2, 0) is 14.8 Å². The average molecular weight is 415 g/mol. The van der Waals surface area contributed by atoms with E-state index in [2.05, 4.69) is 15.9 Å². The largest absolute Gasteiger partial charge is 0.480 e. The number of carboxylic acid groups (broad SMARTS) is 1. The molecular weight excluding hydrogens is 402 g/mol. The van der Waals surface area contributed by atoms with E-state index in [9.17, 15) is 18.3 Å². The van der Waals surface area contributed by atoms with Gasteiger partial charge < -0.3 is 5.11 Å². The second kappa shape index (κ2) is 6.45. The van der Waals surface area contributed by atoms with E-state index in [-0.39, 0.29) is 15.7 Å². The van der Waals surface area contributed by atoms with E-state index in [4.69, 9.17) is 11.6 Å². The van der Waals surface area contributed by atoms with Crippen LogP contribution < -0.4 is 0 Å². The minimum Gasteiger partial charge on any atom is -0.480 e. The Kier molecular flexibility index (Phi) is 5.25. The molecule has 1 aromatic rings. The van der Waals surface area contributed by atoms with Gasteiger partial charge in [0.15, 0.2) is 0 Å². The molecule has 0 spiro atoms. The number of hydrogen-bond donors (Lipinski definition) is 1. The molecule has 1 aliphatic heterocycles. The van der Waals surface area contributed by atoms with Crippen molar-refractivity contribution in [3.05, 3.63) is 27.7 Å². The second-order valence-electron chi connectivity index (χ2n) is 4.46. The molecule has 1 aromatic carbocycles. The first-order valence-corrected chi connectivity index (χ1v) is 9.78. The highest BCUT2D eigenvalue weighted by Gasteiger charge is 2.46. The maximum atomic E-state index is 12.8. The van der Waals surface area contributed by atoms with E-state index in [1.165, 1.54) is 23.9 Å². The number of thioether (sulfide) groups is 1. The van der Waals surface area contributed by atoms with Crippen molar-refractivity contribution in [2.24, 2.45) is 0 Å². The fourth-order valence-electron chi connectivity index (χ4n) is 2.15. The molecule has 1 saturated heterocycles. The fourth-order valence-corrected chi connectivity index (χ4v) is 6.70. The van der Waals surface area contributed by atoms with E-state index < -0.39 is 27.4 Å². The van der Waals surface area contributed by atoms with Crippen molar-refractivity contribution < 1.29 is 18.3 Å². The Balaban J connectivity index is 2.52. The zero-order valence-electron chi connectivity index (χ0n) is 11.0. The fraction of sp³-hybridized carbons (Fsp3) is 0.417. The van der Waals surface area contributed by atoms with E-state index in [0.717, 1.165) is 4.31 Å². The van der Waals surface area contributed by atoms with Gasteiger partial charge in [-0.2, -0.15) is 4.31 Å². The number of rotatable bonds is 4. The quantitative estimate of drug-likeness (QED) is 0.819. The molecule has 2 rings (SSSR count). The molecular formula is C12H13BrClNO4S2. The molecule has 1 heterocycles. The Morgan fingerprint density at radius 2 is 2.24 bits per heavy atom. The second-order valence-corrected chi connectivity index (χ2v) is 8.81. The van der Waals surface area contributed by atoms with Gasteiger partial charge in [-0.1, -0.05) is 34.5 Å². The summed E-state index contributed by atoms with van der Waals surface area (Å²) in [5.41, 5.74) is 0. The SMILES string of the molecule is CCC1SCC(C(=O)O)N1S(=O)(=O)c1ccc(Br)cc1Cl. The third-order valence-electron chi connectivity index (χ3n) is 3.12. The summed E-state index contributed by atoms with van der Waals surface area (Å²) in [6.07, 6.45) is 0.530. The zero-order chi connectivity index (χ0) is 15.8. The third-order valence-corrected chi connectivity index (χ3v) is 7.60. The predicted octanol–water partition coefficient (Wildman–Crippen LogP) is 3.03. The van der Waals surface area contributed by atoms with Crippen molar-refractivity contribution in [2.45, 2.75) is 29.7 Å². The van der Waals surface area contributed by atoms with Crippen LogP contribution in [0.15, 0.2) is 27.6 Å². The van der Waals surface area contributed by atoms with Crippen LogP contribution in [0.2, 0.25) is 5.02 Å². The van der Waals surface area contributed by atoms with Gasteiger partial charge >= 0.3 is 5.97 Å². The molecule has 116 valence electrons. The first-order chi connectivity index (χ1) is 9.78. The monoisotopic (exact) mass is 413 g/mol. The number of carboxylic acids is 1. The molecule has 9 heteroatoms. The van der Waals surface area contributed by atoms with Crippen LogP contribution in [0.25, 0.3) is 0 Å². The third kappa shape index (κ3) is 3.24. The minimum absolute atomic E-state index is 0.0697. The molecule has 5 nitrogen and oxygen atoms in total. The van der Waals surface area contributed by atoms with E-state index in [0.29, 0.717) is 10.9 Å². The molecule has 1 aliphatic rings. The van der Waals surface area contributed by atoms with Crippen molar-refractivity contribution in [2.75, 3.05) is 5.75 Å². The highest BCUT2D eigenvalue weighted by Crippen LogP contribution is 2.38. The number of nitrogens with zero attached hydrogens (tertiary/aromatic N) is 1. The van der Waals surface area contributed by atoms with Crippen LogP contribution in [-0.4, -0.2) is 41.0 Å². The number of aliphatic carboxylic acids is 1. The van der Waals surface area contributed by atoms with E-state index in [1.807, 2.05) is 6.92 Å². The van der Waals surface area contributed by atoms with Crippen LogP contribution in [0.3, 0.4) is 0 Å². The highest BCUT2D eigenvalue weighted by molar-refractivity contribution is 9.10. The van der Waals surface area contributed by atoms with Gasteiger partial charge in [0.2, 0.25) is 10.0 Å². The van der Waals surface area contributed by atoms with Crippen molar-refractivity contribution in [1.29, 1.82) is 0 Å². The molecule has 1 fully saturated rings. The van der Waals surface area contributed by atoms with Crippen LogP contribution >= 0.6 is 39.3 Å². The first kappa shape index (κ1) is 17.1. The number of halogens is 2. The predicted molar refractivity (Wildman–Crippen MR) is 86.1 cm³/mol. The number of benzene rings is 1. The van der Waals surface area contributed by atoms with Gasteiger partial charge in [-0.25, -0.2) is 8.42 Å². The number of carbonyl (C=O) groups is 1. The molecule has 0 bridgehead atoms.